The molecule has 0 aliphatic carbocycles. The van der Waals surface area contributed by atoms with Crippen molar-refractivity contribution in [2.45, 2.75) is 20.4 Å². The Morgan fingerprint density at radius 2 is 2.03 bits per heavy atom. The van der Waals surface area contributed by atoms with Crippen LogP contribution in [-0.2, 0) is 6.54 Å². The largest absolute Gasteiger partial charge is 0.366 e. The number of aromatic nitrogens is 4. The zero-order valence-corrected chi connectivity index (χ0v) is 17.8. The Kier molecular flexibility index (Phi) is 5.54. The summed E-state index contributed by atoms with van der Waals surface area (Å²) in [6, 6.07) is 10.4. The number of benzene rings is 1. The summed E-state index contributed by atoms with van der Waals surface area (Å²) in [6.45, 7) is 3.73. The second-order valence-electron chi connectivity index (χ2n) is 7.35. The molecule has 0 aliphatic rings. The fourth-order valence-corrected chi connectivity index (χ4v) is 3.54. The lowest BCUT2D eigenvalue weighted by Crippen LogP contribution is -2.18. The summed E-state index contributed by atoms with van der Waals surface area (Å²) < 4.78 is 15.3. The summed E-state index contributed by atoms with van der Waals surface area (Å²) in [5.74, 6) is -1.92. The number of pyridine rings is 2. The highest BCUT2D eigenvalue weighted by molar-refractivity contribution is 6.10. The molecule has 0 aliphatic heterocycles. The third-order valence-corrected chi connectivity index (χ3v) is 5.20. The maximum absolute atomic E-state index is 13.7. The van der Waals surface area contributed by atoms with Gasteiger partial charge in [0.1, 0.15) is 17.6 Å². The second-order valence-corrected chi connectivity index (χ2v) is 7.35. The van der Waals surface area contributed by atoms with Crippen molar-refractivity contribution in [1.29, 1.82) is 5.26 Å². The molecule has 0 unspecified atom stereocenters. The van der Waals surface area contributed by atoms with Gasteiger partial charge in [-0.3, -0.25) is 19.3 Å². The van der Waals surface area contributed by atoms with Gasteiger partial charge < -0.3 is 11.1 Å². The molecule has 0 atom stereocenters. The highest BCUT2D eigenvalue weighted by Gasteiger charge is 2.20. The van der Waals surface area contributed by atoms with Crippen LogP contribution in [0, 0.1) is 31.0 Å². The molecule has 0 bridgehead atoms. The van der Waals surface area contributed by atoms with E-state index in [2.05, 4.69) is 26.5 Å². The Bertz CT molecular complexity index is 1470. The van der Waals surface area contributed by atoms with E-state index in [1.807, 2.05) is 0 Å². The van der Waals surface area contributed by atoms with Crippen molar-refractivity contribution < 1.29 is 14.0 Å². The SMILES string of the molecule is Cc1nn(Cc2ncccc2C#N)c(C)c1NC(=O)c1cc(C(N)=O)c2ccc(F)cc2n1. The molecule has 1 aromatic carbocycles. The maximum atomic E-state index is 13.7. The normalized spacial score (nSPS) is 10.7. The van der Waals surface area contributed by atoms with Crippen LogP contribution in [0.4, 0.5) is 10.1 Å². The minimum atomic E-state index is -0.758. The predicted molar refractivity (Wildman–Crippen MR) is 118 cm³/mol. The summed E-state index contributed by atoms with van der Waals surface area (Å²) in [6.07, 6.45) is 1.59. The van der Waals surface area contributed by atoms with Crippen LogP contribution in [0.5, 0.6) is 0 Å². The number of rotatable bonds is 5. The van der Waals surface area contributed by atoms with Crippen molar-refractivity contribution in [3.8, 4) is 6.07 Å². The van der Waals surface area contributed by atoms with Gasteiger partial charge >= 0.3 is 0 Å². The average Bonchev–Trinajstić information content (AvgIpc) is 3.05. The van der Waals surface area contributed by atoms with Crippen LogP contribution in [0.3, 0.4) is 0 Å². The smallest absolute Gasteiger partial charge is 0.274 e. The topological polar surface area (TPSA) is 140 Å². The number of primary amides is 1. The van der Waals surface area contributed by atoms with Gasteiger partial charge in [0.15, 0.2) is 0 Å². The van der Waals surface area contributed by atoms with Crippen LogP contribution in [-0.4, -0.2) is 31.6 Å². The minimum absolute atomic E-state index is 0.0634. The number of nitriles is 1. The van der Waals surface area contributed by atoms with Crippen LogP contribution in [0.15, 0.2) is 42.6 Å². The number of hydrogen-bond donors (Lipinski definition) is 2. The summed E-state index contributed by atoms with van der Waals surface area (Å²) >= 11 is 0. The number of amides is 2. The van der Waals surface area contributed by atoms with Crippen molar-refractivity contribution in [3.63, 3.8) is 0 Å². The van der Waals surface area contributed by atoms with Gasteiger partial charge in [0.05, 0.1) is 46.0 Å². The van der Waals surface area contributed by atoms with E-state index in [0.29, 0.717) is 33.7 Å². The first-order valence-corrected chi connectivity index (χ1v) is 9.88. The van der Waals surface area contributed by atoms with Crippen molar-refractivity contribution in [1.82, 2.24) is 19.7 Å². The van der Waals surface area contributed by atoms with E-state index in [9.17, 15) is 19.2 Å². The molecule has 10 heteroatoms. The van der Waals surface area contributed by atoms with Gasteiger partial charge in [-0.1, -0.05) is 0 Å². The Morgan fingerprint density at radius 3 is 2.76 bits per heavy atom. The predicted octanol–water partition coefficient (Wildman–Crippen LogP) is 2.85. The number of fused-ring (bicyclic) bond motifs is 1. The monoisotopic (exact) mass is 443 g/mol. The molecule has 2 amide bonds. The Labute approximate surface area is 187 Å². The van der Waals surface area contributed by atoms with Gasteiger partial charge in [-0.2, -0.15) is 10.4 Å². The second kappa shape index (κ2) is 8.47. The Balaban J connectivity index is 1.68. The number of aryl methyl sites for hydroxylation is 1. The lowest BCUT2D eigenvalue weighted by Gasteiger charge is -2.09. The van der Waals surface area contributed by atoms with E-state index in [-0.39, 0.29) is 23.3 Å². The van der Waals surface area contributed by atoms with Crippen LogP contribution in [0.2, 0.25) is 0 Å². The molecule has 4 rings (SSSR count). The molecule has 0 radical (unpaired) electrons. The Morgan fingerprint density at radius 1 is 1.24 bits per heavy atom. The van der Waals surface area contributed by atoms with Crippen molar-refractivity contribution in [2.75, 3.05) is 5.32 Å². The number of halogens is 1. The van der Waals surface area contributed by atoms with E-state index in [1.54, 1.807) is 36.9 Å². The summed E-state index contributed by atoms with van der Waals surface area (Å²) in [5, 5.41) is 16.8. The quantitative estimate of drug-likeness (QED) is 0.486. The van der Waals surface area contributed by atoms with Gasteiger partial charge in [0, 0.05) is 17.6 Å². The molecular weight excluding hydrogens is 425 g/mol. The average molecular weight is 443 g/mol. The third-order valence-electron chi connectivity index (χ3n) is 5.20. The molecule has 9 nitrogen and oxygen atoms in total. The third kappa shape index (κ3) is 4.12. The molecule has 3 aromatic heterocycles. The number of nitrogens with two attached hydrogens (primary N) is 1. The zero-order chi connectivity index (χ0) is 23.7. The van der Waals surface area contributed by atoms with Crippen molar-refractivity contribution in [2.24, 2.45) is 5.73 Å². The van der Waals surface area contributed by atoms with Gasteiger partial charge in [0.25, 0.3) is 5.91 Å². The first-order valence-electron chi connectivity index (χ1n) is 9.88. The highest BCUT2D eigenvalue weighted by atomic mass is 19.1. The van der Waals surface area contributed by atoms with Crippen molar-refractivity contribution in [3.05, 3.63) is 82.3 Å². The lowest BCUT2D eigenvalue weighted by molar-refractivity contribution is 0.100. The first kappa shape index (κ1) is 21.6. The molecule has 0 saturated heterocycles. The fourth-order valence-electron chi connectivity index (χ4n) is 3.54. The maximum Gasteiger partial charge on any atom is 0.274 e. The van der Waals surface area contributed by atoms with Crippen LogP contribution in [0.25, 0.3) is 10.9 Å². The molecule has 0 fully saturated rings. The minimum Gasteiger partial charge on any atom is -0.366 e. The lowest BCUT2D eigenvalue weighted by atomic mass is 10.1. The molecule has 0 spiro atoms. The van der Waals surface area contributed by atoms with Crippen molar-refractivity contribution >= 4 is 28.4 Å². The molecule has 0 saturated carbocycles. The first-order chi connectivity index (χ1) is 15.8. The molecule has 3 heterocycles. The van der Waals surface area contributed by atoms with Crippen LogP contribution in [0.1, 0.15) is 43.5 Å². The highest BCUT2D eigenvalue weighted by Crippen LogP contribution is 2.23. The van der Waals surface area contributed by atoms with Gasteiger partial charge in [-0.25, -0.2) is 9.37 Å². The summed E-state index contributed by atoms with van der Waals surface area (Å²) in [4.78, 5) is 33.3. The number of anilines is 1. The summed E-state index contributed by atoms with van der Waals surface area (Å²) in [5.41, 5.74) is 8.17. The van der Waals surface area contributed by atoms with Gasteiger partial charge in [0.2, 0.25) is 5.91 Å². The van der Waals surface area contributed by atoms with Gasteiger partial charge in [-0.05, 0) is 44.2 Å². The van der Waals surface area contributed by atoms with Crippen LogP contribution < -0.4 is 11.1 Å². The number of nitrogens with one attached hydrogen (secondary N) is 1. The van der Waals surface area contributed by atoms with E-state index in [0.717, 1.165) is 6.07 Å². The van der Waals surface area contributed by atoms with E-state index in [4.69, 9.17) is 5.73 Å². The molecule has 33 heavy (non-hydrogen) atoms. The van der Waals surface area contributed by atoms with E-state index >= 15 is 0 Å². The number of carbonyl (C=O) groups excluding carboxylic acids is 2. The molecular formula is C23H18FN7O2. The molecule has 3 N–H and O–H groups in total. The van der Waals surface area contributed by atoms with Crippen LogP contribution >= 0.6 is 0 Å². The molecule has 4 aromatic rings. The van der Waals surface area contributed by atoms with E-state index in [1.165, 1.54) is 18.2 Å². The number of hydrogen-bond acceptors (Lipinski definition) is 6. The van der Waals surface area contributed by atoms with Gasteiger partial charge in [-0.15, -0.1) is 0 Å². The number of nitrogens with zero attached hydrogens (tertiary/aromatic N) is 5. The molecule has 164 valence electrons. The number of carbonyl (C=O) groups is 2. The fraction of sp³-hybridized carbons (Fsp3) is 0.130. The standard InChI is InChI=1S/C23H18FN7O2/c1-12-21(13(2)31(30-12)11-20-14(10-25)4-3-7-27-20)29-23(33)19-9-17(22(26)32)16-6-5-15(24)8-18(16)28-19/h3-9H,11H2,1-2H3,(H2,26,32)(H,29,33). The van der Waals surface area contributed by atoms with E-state index < -0.39 is 17.6 Å². The Hall–Kier alpha value is -4.65. The zero-order valence-electron chi connectivity index (χ0n) is 17.8. The summed E-state index contributed by atoms with van der Waals surface area (Å²) in [7, 11) is 0.